The van der Waals surface area contributed by atoms with Crippen molar-refractivity contribution in [3.63, 3.8) is 0 Å². The Morgan fingerprint density at radius 1 is 1.16 bits per heavy atom. The van der Waals surface area contributed by atoms with Gasteiger partial charge in [-0.25, -0.2) is 14.4 Å². The Kier molecular flexibility index (Phi) is 7.16. The molecule has 6 nitrogen and oxygen atoms in total. The van der Waals surface area contributed by atoms with Crippen molar-refractivity contribution in [2.45, 2.75) is 51.6 Å². The maximum absolute atomic E-state index is 13.1. The van der Waals surface area contributed by atoms with Gasteiger partial charge in [-0.15, -0.1) is 0 Å². The van der Waals surface area contributed by atoms with Gasteiger partial charge in [-0.1, -0.05) is 13.8 Å². The van der Waals surface area contributed by atoms with Crippen molar-refractivity contribution in [2.24, 2.45) is 11.8 Å². The lowest BCUT2D eigenvalue weighted by atomic mass is 9.86. The summed E-state index contributed by atoms with van der Waals surface area (Å²) in [6.07, 6.45) is 7.10. The van der Waals surface area contributed by atoms with Crippen molar-refractivity contribution in [3.8, 4) is 0 Å². The van der Waals surface area contributed by atoms with E-state index in [0.717, 1.165) is 51.3 Å². The average molecular weight is 440 g/mol. The molecule has 2 saturated heterocycles. The van der Waals surface area contributed by atoms with Gasteiger partial charge in [0.05, 0.1) is 5.92 Å². The lowest BCUT2D eigenvalue weighted by Gasteiger charge is -2.37. The van der Waals surface area contributed by atoms with Gasteiger partial charge in [0.15, 0.2) is 0 Å². The van der Waals surface area contributed by atoms with E-state index in [1.165, 1.54) is 17.7 Å². The summed E-state index contributed by atoms with van der Waals surface area (Å²) in [4.78, 5) is 26.6. The van der Waals surface area contributed by atoms with Crippen LogP contribution >= 0.6 is 0 Å². The molecule has 0 bridgehead atoms. The number of anilines is 1. The molecular formula is C25H34FN5O. The first-order valence-electron chi connectivity index (χ1n) is 11.7. The minimum Gasteiger partial charge on any atom is -0.326 e. The fourth-order valence-corrected chi connectivity index (χ4v) is 5.05. The predicted molar refractivity (Wildman–Crippen MR) is 124 cm³/mol. The number of amides is 1. The van der Waals surface area contributed by atoms with E-state index >= 15 is 0 Å². The van der Waals surface area contributed by atoms with Crippen molar-refractivity contribution < 1.29 is 9.18 Å². The van der Waals surface area contributed by atoms with Crippen LogP contribution < -0.4 is 5.32 Å². The van der Waals surface area contributed by atoms with E-state index in [0.29, 0.717) is 23.6 Å². The molecule has 32 heavy (non-hydrogen) atoms. The maximum atomic E-state index is 13.1. The predicted octanol–water partition coefficient (Wildman–Crippen LogP) is 3.91. The Morgan fingerprint density at radius 3 is 2.44 bits per heavy atom. The van der Waals surface area contributed by atoms with Crippen LogP contribution in [0.15, 0.2) is 36.7 Å². The second-order valence-electron chi connectivity index (χ2n) is 9.65. The topological polar surface area (TPSA) is 61.4 Å². The minimum absolute atomic E-state index is 0.0234. The zero-order chi connectivity index (χ0) is 22.7. The van der Waals surface area contributed by atoms with E-state index in [1.54, 1.807) is 12.1 Å². The third-order valence-corrected chi connectivity index (χ3v) is 6.91. The quantitative estimate of drug-likeness (QED) is 0.740. The smallest absolute Gasteiger partial charge is 0.228 e. The highest BCUT2D eigenvalue weighted by atomic mass is 19.1. The number of aromatic nitrogens is 2. The van der Waals surface area contributed by atoms with Crippen LogP contribution in [0.1, 0.15) is 50.4 Å². The van der Waals surface area contributed by atoms with E-state index in [4.69, 9.17) is 0 Å². The van der Waals surface area contributed by atoms with Crippen LogP contribution in [-0.4, -0.2) is 58.4 Å². The van der Waals surface area contributed by atoms with Gasteiger partial charge in [0.25, 0.3) is 0 Å². The Balaban J connectivity index is 1.26. The molecule has 1 amide bonds. The van der Waals surface area contributed by atoms with Crippen molar-refractivity contribution >= 4 is 11.6 Å². The first-order chi connectivity index (χ1) is 15.4. The van der Waals surface area contributed by atoms with E-state index in [-0.39, 0.29) is 17.6 Å². The molecule has 2 aromatic rings. The molecule has 7 heteroatoms. The summed E-state index contributed by atoms with van der Waals surface area (Å²) in [6.45, 7) is 8.01. The number of rotatable bonds is 6. The summed E-state index contributed by atoms with van der Waals surface area (Å²) in [5.74, 6) is 1.58. The molecule has 172 valence electrons. The van der Waals surface area contributed by atoms with Crippen LogP contribution in [-0.2, 0) is 11.3 Å². The average Bonchev–Trinajstić information content (AvgIpc) is 3.18. The summed E-state index contributed by atoms with van der Waals surface area (Å²) >= 11 is 0. The molecule has 1 aromatic heterocycles. The standard InChI is InChI=1S/C25H34FN5O/c1-17(2)24-27-13-18(14-28-24)15-31-10-8-19(9-11-31)23-12-20(16-30(23)3)25(32)29-22-6-4-21(26)5-7-22/h4-7,13-14,17,19-20,23H,8-12,15-16H2,1-3H3,(H,29,32)/t20-,23+/m1/s1. The summed E-state index contributed by atoms with van der Waals surface area (Å²) < 4.78 is 13.1. The second kappa shape index (κ2) is 10.0. The highest BCUT2D eigenvalue weighted by Gasteiger charge is 2.39. The number of halogens is 1. The normalized spacial score (nSPS) is 23.0. The van der Waals surface area contributed by atoms with Crippen LogP contribution in [0.4, 0.5) is 10.1 Å². The molecule has 2 aliphatic heterocycles. The number of nitrogens with one attached hydrogen (secondary N) is 1. The molecule has 1 N–H and O–H groups in total. The van der Waals surface area contributed by atoms with Crippen molar-refractivity contribution in [2.75, 3.05) is 32.0 Å². The summed E-state index contributed by atoms with van der Waals surface area (Å²) in [7, 11) is 2.13. The van der Waals surface area contributed by atoms with Gasteiger partial charge >= 0.3 is 0 Å². The van der Waals surface area contributed by atoms with E-state index < -0.39 is 0 Å². The van der Waals surface area contributed by atoms with Crippen molar-refractivity contribution in [3.05, 3.63) is 53.9 Å². The van der Waals surface area contributed by atoms with Crippen molar-refractivity contribution in [1.29, 1.82) is 0 Å². The van der Waals surface area contributed by atoms with Crippen molar-refractivity contribution in [1.82, 2.24) is 19.8 Å². The Bertz CT molecular complexity index is 894. The number of hydrogen-bond donors (Lipinski definition) is 1. The molecule has 3 heterocycles. The number of benzene rings is 1. The molecule has 0 radical (unpaired) electrons. The number of hydrogen-bond acceptors (Lipinski definition) is 5. The largest absolute Gasteiger partial charge is 0.326 e. The van der Waals surface area contributed by atoms with Crippen LogP contribution in [0.2, 0.25) is 0 Å². The molecule has 0 saturated carbocycles. The van der Waals surface area contributed by atoms with Gasteiger partial charge in [-0.2, -0.15) is 0 Å². The monoisotopic (exact) mass is 439 g/mol. The molecule has 2 aliphatic rings. The highest BCUT2D eigenvalue weighted by molar-refractivity contribution is 5.92. The molecule has 2 atom stereocenters. The van der Waals surface area contributed by atoms with Gasteiger partial charge in [0.1, 0.15) is 11.6 Å². The number of nitrogens with zero attached hydrogens (tertiary/aromatic N) is 4. The van der Waals surface area contributed by atoms with Crippen LogP contribution in [0.5, 0.6) is 0 Å². The zero-order valence-corrected chi connectivity index (χ0v) is 19.3. The minimum atomic E-state index is -0.296. The zero-order valence-electron chi connectivity index (χ0n) is 19.3. The fraction of sp³-hybridized carbons (Fsp3) is 0.560. The lowest BCUT2D eigenvalue weighted by molar-refractivity contribution is -0.119. The molecule has 4 rings (SSSR count). The maximum Gasteiger partial charge on any atom is 0.228 e. The Morgan fingerprint density at radius 2 is 1.81 bits per heavy atom. The SMILES string of the molecule is CC(C)c1ncc(CN2CCC([C@@H]3C[C@@H](C(=O)Nc4ccc(F)cc4)CN3C)CC2)cn1. The second-order valence-corrected chi connectivity index (χ2v) is 9.65. The molecule has 1 aromatic carbocycles. The number of carbonyl (C=O) groups excluding carboxylic acids is 1. The first-order valence-corrected chi connectivity index (χ1v) is 11.7. The highest BCUT2D eigenvalue weighted by Crippen LogP contribution is 2.33. The number of piperidine rings is 1. The van der Waals surface area contributed by atoms with E-state index in [1.807, 2.05) is 12.4 Å². The van der Waals surface area contributed by atoms with E-state index in [2.05, 4.69) is 46.0 Å². The Hall–Kier alpha value is -2.38. The first kappa shape index (κ1) is 22.8. The van der Waals surface area contributed by atoms with Crippen LogP contribution in [0, 0.1) is 17.7 Å². The summed E-state index contributed by atoms with van der Waals surface area (Å²) in [5.41, 5.74) is 1.82. The number of carbonyl (C=O) groups is 1. The summed E-state index contributed by atoms with van der Waals surface area (Å²) in [6, 6.07) is 6.41. The summed E-state index contributed by atoms with van der Waals surface area (Å²) in [5, 5.41) is 2.95. The van der Waals surface area contributed by atoms with Gasteiger partial charge in [-0.05, 0) is 69.6 Å². The lowest BCUT2D eigenvalue weighted by Crippen LogP contribution is -2.41. The fourth-order valence-electron chi connectivity index (χ4n) is 5.05. The van der Waals surface area contributed by atoms with Gasteiger partial charge in [0, 0.05) is 48.7 Å². The molecular weight excluding hydrogens is 405 g/mol. The van der Waals surface area contributed by atoms with Gasteiger partial charge in [0.2, 0.25) is 5.91 Å². The molecule has 0 aliphatic carbocycles. The molecule has 0 spiro atoms. The van der Waals surface area contributed by atoms with Crippen LogP contribution in [0.3, 0.4) is 0 Å². The van der Waals surface area contributed by atoms with Crippen LogP contribution in [0.25, 0.3) is 0 Å². The molecule has 2 fully saturated rings. The third-order valence-electron chi connectivity index (χ3n) is 6.91. The third kappa shape index (κ3) is 5.51. The number of likely N-dealkylation sites (tertiary alicyclic amines) is 2. The Labute approximate surface area is 190 Å². The van der Waals surface area contributed by atoms with E-state index in [9.17, 15) is 9.18 Å². The molecule has 0 unspecified atom stereocenters. The van der Waals surface area contributed by atoms with Gasteiger partial charge < -0.3 is 10.2 Å². The van der Waals surface area contributed by atoms with Gasteiger partial charge in [-0.3, -0.25) is 9.69 Å².